The van der Waals surface area contributed by atoms with Gasteiger partial charge in [0.2, 0.25) is 5.91 Å². The van der Waals surface area contributed by atoms with Crippen LogP contribution in [0.5, 0.6) is 0 Å². The molecule has 142 valence electrons. The number of carboxylic acids is 1. The Morgan fingerprint density at radius 2 is 1.73 bits per heavy atom. The van der Waals surface area contributed by atoms with Crippen LogP contribution in [0.25, 0.3) is 0 Å². The number of aliphatic carboxylic acids is 1. The largest absolute Gasteiger partial charge is 0.481 e. The highest BCUT2D eigenvalue weighted by Gasteiger charge is 2.28. The summed E-state index contributed by atoms with van der Waals surface area (Å²) in [5.74, 6) is 1.08. The summed E-state index contributed by atoms with van der Waals surface area (Å²) in [6, 6.07) is 10.7. The van der Waals surface area contributed by atoms with Crippen molar-refractivity contribution in [2.75, 3.05) is 13.1 Å². The predicted molar refractivity (Wildman–Crippen MR) is 102 cm³/mol. The number of rotatable bonds is 6. The second kappa shape index (κ2) is 9.20. The fourth-order valence-electron chi connectivity index (χ4n) is 4.66. The smallest absolute Gasteiger partial charge is 0.303 e. The van der Waals surface area contributed by atoms with E-state index in [0.717, 1.165) is 38.8 Å². The summed E-state index contributed by atoms with van der Waals surface area (Å²) in [6.07, 6.45) is 8.30. The van der Waals surface area contributed by atoms with Crippen molar-refractivity contribution in [2.45, 2.75) is 63.7 Å². The number of carbonyl (C=O) groups is 2. The topological polar surface area (TPSA) is 57.6 Å². The van der Waals surface area contributed by atoms with Crippen LogP contribution in [-0.2, 0) is 9.59 Å². The Morgan fingerprint density at radius 3 is 2.42 bits per heavy atom. The molecule has 1 aliphatic heterocycles. The zero-order valence-corrected chi connectivity index (χ0v) is 15.6. The first-order chi connectivity index (χ1) is 12.6. The number of likely N-dealkylation sites (tertiary alicyclic amines) is 1. The first-order valence-electron chi connectivity index (χ1n) is 10.2. The molecule has 26 heavy (non-hydrogen) atoms. The number of nitrogens with zero attached hydrogens (tertiary/aromatic N) is 1. The molecular weight excluding hydrogens is 326 g/mol. The van der Waals surface area contributed by atoms with Gasteiger partial charge in [0.25, 0.3) is 0 Å². The molecule has 1 N–H and O–H groups in total. The molecule has 1 atom stereocenters. The van der Waals surface area contributed by atoms with E-state index in [-0.39, 0.29) is 12.3 Å². The lowest BCUT2D eigenvalue weighted by Gasteiger charge is -2.35. The van der Waals surface area contributed by atoms with E-state index in [1.807, 2.05) is 4.90 Å². The number of benzene rings is 1. The van der Waals surface area contributed by atoms with Crippen molar-refractivity contribution in [3.05, 3.63) is 35.9 Å². The molecular formula is C22H31NO3. The third-order valence-electron chi connectivity index (χ3n) is 6.22. The fourth-order valence-corrected chi connectivity index (χ4v) is 4.66. The Hall–Kier alpha value is -1.84. The average Bonchev–Trinajstić information content (AvgIpc) is 2.68. The summed E-state index contributed by atoms with van der Waals surface area (Å²) >= 11 is 0. The molecule has 0 aromatic heterocycles. The first-order valence-corrected chi connectivity index (χ1v) is 10.2. The van der Waals surface area contributed by atoms with Crippen molar-refractivity contribution in [2.24, 2.45) is 11.8 Å². The number of hydrogen-bond acceptors (Lipinski definition) is 2. The van der Waals surface area contributed by atoms with Crippen LogP contribution < -0.4 is 0 Å². The molecule has 1 aliphatic carbocycles. The Labute approximate surface area is 156 Å². The zero-order valence-electron chi connectivity index (χ0n) is 15.6. The summed E-state index contributed by atoms with van der Waals surface area (Å²) in [4.78, 5) is 25.5. The summed E-state index contributed by atoms with van der Waals surface area (Å²) in [7, 11) is 0. The van der Waals surface area contributed by atoms with Gasteiger partial charge in [-0.25, -0.2) is 0 Å². The molecule has 1 unspecified atom stereocenters. The molecule has 0 radical (unpaired) electrons. The van der Waals surface area contributed by atoms with Gasteiger partial charge in [-0.2, -0.15) is 0 Å². The lowest BCUT2D eigenvalue weighted by Crippen LogP contribution is -2.40. The van der Waals surface area contributed by atoms with Crippen molar-refractivity contribution < 1.29 is 14.7 Å². The van der Waals surface area contributed by atoms with Gasteiger partial charge in [-0.3, -0.25) is 9.59 Å². The van der Waals surface area contributed by atoms with E-state index in [1.54, 1.807) is 0 Å². The standard InChI is InChI=1S/C22H31NO3/c24-21(23-14-4-5-18(16-23)10-13-22(25)26)15-17-8-11-20(12-9-17)19-6-2-1-3-7-19/h1-3,6-7,17-18,20H,4-5,8-16H2,(H,25,26). The van der Waals surface area contributed by atoms with Crippen LogP contribution in [0.3, 0.4) is 0 Å². The van der Waals surface area contributed by atoms with Gasteiger partial charge >= 0.3 is 5.97 Å². The van der Waals surface area contributed by atoms with Crippen LogP contribution >= 0.6 is 0 Å². The molecule has 1 saturated carbocycles. The molecule has 0 bridgehead atoms. The van der Waals surface area contributed by atoms with Crippen molar-refractivity contribution >= 4 is 11.9 Å². The Morgan fingerprint density at radius 1 is 1.00 bits per heavy atom. The predicted octanol–water partition coefficient (Wildman–Crippen LogP) is 4.45. The molecule has 0 spiro atoms. The number of amides is 1. The van der Waals surface area contributed by atoms with Gasteiger partial charge in [-0.1, -0.05) is 30.3 Å². The van der Waals surface area contributed by atoms with Gasteiger partial charge in [0.05, 0.1) is 0 Å². The van der Waals surface area contributed by atoms with E-state index in [0.29, 0.717) is 30.6 Å². The van der Waals surface area contributed by atoms with E-state index < -0.39 is 5.97 Å². The fraction of sp³-hybridized carbons (Fsp3) is 0.636. The van der Waals surface area contributed by atoms with Crippen molar-refractivity contribution in [1.82, 2.24) is 4.90 Å². The average molecular weight is 357 g/mol. The zero-order chi connectivity index (χ0) is 18.4. The van der Waals surface area contributed by atoms with E-state index in [9.17, 15) is 9.59 Å². The van der Waals surface area contributed by atoms with Crippen LogP contribution in [0.15, 0.2) is 30.3 Å². The van der Waals surface area contributed by atoms with E-state index in [2.05, 4.69) is 30.3 Å². The lowest BCUT2D eigenvalue weighted by molar-refractivity contribution is -0.137. The quantitative estimate of drug-likeness (QED) is 0.818. The van der Waals surface area contributed by atoms with Crippen LogP contribution in [0.2, 0.25) is 0 Å². The molecule has 2 aliphatic rings. The third kappa shape index (κ3) is 5.33. The molecule has 3 rings (SSSR count). The summed E-state index contributed by atoms with van der Waals surface area (Å²) in [5, 5.41) is 8.86. The molecule has 1 amide bonds. The maximum absolute atomic E-state index is 12.7. The minimum Gasteiger partial charge on any atom is -0.481 e. The highest BCUT2D eigenvalue weighted by Crippen LogP contribution is 2.37. The summed E-state index contributed by atoms with van der Waals surface area (Å²) < 4.78 is 0. The molecule has 1 heterocycles. The van der Waals surface area contributed by atoms with E-state index in [1.165, 1.54) is 18.4 Å². The van der Waals surface area contributed by atoms with Gasteiger partial charge in [0, 0.05) is 25.9 Å². The minimum absolute atomic E-state index is 0.218. The molecule has 4 nitrogen and oxygen atoms in total. The lowest BCUT2D eigenvalue weighted by atomic mass is 9.77. The SMILES string of the molecule is O=C(O)CCC1CCCN(C(=O)CC2CCC(c3ccccc3)CC2)C1. The molecule has 1 saturated heterocycles. The number of carboxylic acid groups (broad SMARTS) is 1. The van der Waals surface area contributed by atoms with E-state index in [4.69, 9.17) is 5.11 Å². The van der Waals surface area contributed by atoms with Crippen molar-refractivity contribution in [3.63, 3.8) is 0 Å². The van der Waals surface area contributed by atoms with E-state index >= 15 is 0 Å². The molecule has 1 aromatic rings. The summed E-state index contributed by atoms with van der Waals surface area (Å²) in [6.45, 7) is 1.60. The first kappa shape index (κ1) is 18.9. The maximum Gasteiger partial charge on any atom is 0.303 e. The van der Waals surface area contributed by atoms with Gasteiger partial charge in [0.1, 0.15) is 0 Å². The van der Waals surface area contributed by atoms with Gasteiger partial charge in [-0.05, 0) is 68.3 Å². The Kier molecular flexibility index (Phi) is 6.70. The highest BCUT2D eigenvalue weighted by molar-refractivity contribution is 5.76. The number of piperidine rings is 1. The molecule has 4 heteroatoms. The molecule has 1 aromatic carbocycles. The van der Waals surface area contributed by atoms with Crippen molar-refractivity contribution in [1.29, 1.82) is 0 Å². The molecule has 2 fully saturated rings. The number of hydrogen-bond donors (Lipinski definition) is 1. The minimum atomic E-state index is -0.733. The second-order valence-electron chi connectivity index (χ2n) is 8.11. The number of carbonyl (C=O) groups excluding carboxylic acids is 1. The van der Waals surface area contributed by atoms with Crippen LogP contribution in [0.4, 0.5) is 0 Å². The summed E-state index contributed by atoms with van der Waals surface area (Å²) in [5.41, 5.74) is 1.44. The van der Waals surface area contributed by atoms with Gasteiger partial charge in [0.15, 0.2) is 0 Å². The highest BCUT2D eigenvalue weighted by atomic mass is 16.4. The van der Waals surface area contributed by atoms with Crippen molar-refractivity contribution in [3.8, 4) is 0 Å². The monoisotopic (exact) mass is 357 g/mol. The van der Waals surface area contributed by atoms with Crippen LogP contribution in [-0.4, -0.2) is 35.0 Å². The Balaban J connectivity index is 1.43. The maximum atomic E-state index is 12.7. The van der Waals surface area contributed by atoms with Crippen LogP contribution in [0.1, 0.15) is 69.3 Å². The normalized spacial score (nSPS) is 26.5. The van der Waals surface area contributed by atoms with Crippen LogP contribution in [0, 0.1) is 11.8 Å². The Bertz CT molecular complexity index is 593. The third-order valence-corrected chi connectivity index (χ3v) is 6.22. The van der Waals surface area contributed by atoms with Gasteiger partial charge < -0.3 is 10.0 Å². The second-order valence-corrected chi connectivity index (χ2v) is 8.11. The van der Waals surface area contributed by atoms with Gasteiger partial charge in [-0.15, -0.1) is 0 Å².